The highest BCUT2D eigenvalue weighted by Crippen LogP contribution is 2.24. The minimum Gasteiger partial charge on any atom is -0.457 e. The molecule has 0 aliphatic carbocycles. The number of rotatable bonds is 7. The zero-order valence-electron chi connectivity index (χ0n) is 16.6. The van der Waals surface area contributed by atoms with Gasteiger partial charge in [-0.2, -0.15) is 0 Å². The zero-order chi connectivity index (χ0) is 21.6. The maximum absolute atomic E-state index is 12.7. The summed E-state index contributed by atoms with van der Waals surface area (Å²) < 4.78 is 12.2. The Kier molecular flexibility index (Phi) is 6.18. The van der Waals surface area contributed by atoms with Crippen LogP contribution in [0.15, 0.2) is 99.3 Å². The Morgan fingerprint density at radius 2 is 1.58 bits per heavy atom. The number of thioether (sulfide) groups is 1. The Bertz CT molecular complexity index is 1210. The number of benzene rings is 3. The van der Waals surface area contributed by atoms with Crippen LogP contribution in [0.1, 0.15) is 6.92 Å². The number of carbonyl (C=O) groups excluding carboxylic acids is 1. The predicted molar refractivity (Wildman–Crippen MR) is 118 cm³/mol. The van der Waals surface area contributed by atoms with Gasteiger partial charge in [-0.15, -0.1) is 0 Å². The van der Waals surface area contributed by atoms with E-state index in [1.54, 1.807) is 31.2 Å². The van der Waals surface area contributed by atoms with Gasteiger partial charge in [-0.3, -0.25) is 9.32 Å². The molecule has 1 unspecified atom stereocenters. The van der Waals surface area contributed by atoms with Gasteiger partial charge in [0.25, 0.3) is 0 Å². The molecule has 31 heavy (non-hydrogen) atoms. The Labute approximate surface area is 182 Å². The summed E-state index contributed by atoms with van der Waals surface area (Å²) in [5.41, 5.74) is 0.836. The summed E-state index contributed by atoms with van der Waals surface area (Å²) in [4.78, 5) is 24.8. The third-order valence-electron chi connectivity index (χ3n) is 4.38. The van der Waals surface area contributed by atoms with E-state index >= 15 is 0 Å². The van der Waals surface area contributed by atoms with E-state index in [0.717, 1.165) is 23.2 Å². The van der Waals surface area contributed by atoms with Crippen LogP contribution in [0.5, 0.6) is 11.5 Å². The first kappa shape index (κ1) is 20.5. The van der Waals surface area contributed by atoms with Crippen LogP contribution in [0.3, 0.4) is 0 Å². The lowest BCUT2D eigenvalue weighted by molar-refractivity contribution is -0.704. The van der Waals surface area contributed by atoms with Crippen LogP contribution in [0, 0.1) is 0 Å². The summed E-state index contributed by atoms with van der Waals surface area (Å²) in [6.45, 7) is 1.73. The molecule has 156 valence electrons. The summed E-state index contributed by atoms with van der Waals surface area (Å²) in [7, 11) is 0. The highest BCUT2D eigenvalue weighted by atomic mass is 32.2. The highest BCUT2D eigenvalue weighted by Gasteiger charge is 2.28. The summed E-state index contributed by atoms with van der Waals surface area (Å²) in [5.74, 6) is 1.17. The van der Waals surface area contributed by atoms with E-state index in [9.17, 15) is 9.59 Å². The maximum Gasteiger partial charge on any atom is 0.442 e. The molecule has 3 aromatic carbocycles. The van der Waals surface area contributed by atoms with E-state index < -0.39 is 10.9 Å². The van der Waals surface area contributed by atoms with Crippen LogP contribution < -0.4 is 20.4 Å². The van der Waals surface area contributed by atoms with E-state index in [-0.39, 0.29) is 5.91 Å². The van der Waals surface area contributed by atoms with Gasteiger partial charge in [0.1, 0.15) is 11.5 Å². The summed E-state index contributed by atoms with van der Waals surface area (Å²) in [5, 5.41) is 5.19. The minimum absolute atomic E-state index is 0.234. The molecule has 0 radical (unpaired) electrons. The number of aromatic amines is 1. The molecule has 2 N–H and O–H groups in total. The summed E-state index contributed by atoms with van der Waals surface area (Å²) >= 11 is 1.12. The van der Waals surface area contributed by atoms with Crippen molar-refractivity contribution in [3.05, 3.63) is 95.3 Å². The van der Waals surface area contributed by atoms with Crippen LogP contribution in [0.2, 0.25) is 0 Å². The van der Waals surface area contributed by atoms with E-state index in [0.29, 0.717) is 16.5 Å². The second-order valence-corrected chi connectivity index (χ2v) is 7.98. The molecule has 8 heteroatoms. The largest absolute Gasteiger partial charge is 0.457 e. The molecule has 0 spiro atoms. The molecular formula is C23H20N3O4S+. The number of carbonyl (C=O) groups is 1. The predicted octanol–water partition coefficient (Wildman–Crippen LogP) is 4.16. The fourth-order valence-electron chi connectivity index (χ4n) is 2.81. The van der Waals surface area contributed by atoms with Gasteiger partial charge in [0.2, 0.25) is 11.6 Å². The number of ether oxygens (including phenoxy) is 1. The number of aromatic nitrogens is 2. The van der Waals surface area contributed by atoms with Crippen molar-refractivity contribution in [3.8, 4) is 17.2 Å². The highest BCUT2D eigenvalue weighted by molar-refractivity contribution is 8.00. The van der Waals surface area contributed by atoms with E-state index in [1.807, 2.05) is 60.7 Å². The van der Waals surface area contributed by atoms with E-state index in [4.69, 9.17) is 9.26 Å². The molecule has 0 aliphatic rings. The van der Waals surface area contributed by atoms with Gasteiger partial charge in [0.05, 0.1) is 5.25 Å². The maximum atomic E-state index is 12.7. The average Bonchev–Trinajstić information content (AvgIpc) is 3.16. The summed E-state index contributed by atoms with van der Waals surface area (Å²) in [6.07, 6.45) is 0. The van der Waals surface area contributed by atoms with Gasteiger partial charge in [0.15, 0.2) is 0 Å². The molecule has 1 atom stereocenters. The zero-order valence-corrected chi connectivity index (χ0v) is 17.5. The normalized spacial score (nSPS) is 11.6. The molecule has 0 saturated heterocycles. The fraction of sp³-hybridized carbons (Fsp3) is 0.0870. The standard InChI is InChI=1S/C23H19N3O4S/c1-16(31-22-23(28)30-25-26(22)18-8-4-2-5-9-18)21(27)24-17-12-14-20(15-13-17)29-19-10-6-3-7-11-19/h2-16H,1H3,(H-,24,25,27,28)/p+1. The lowest BCUT2D eigenvalue weighted by Gasteiger charge is -2.10. The first-order valence-corrected chi connectivity index (χ1v) is 10.5. The number of H-pyrrole nitrogens is 1. The first-order chi connectivity index (χ1) is 15.1. The van der Waals surface area contributed by atoms with Crippen molar-refractivity contribution in [1.29, 1.82) is 0 Å². The lowest BCUT2D eigenvalue weighted by Crippen LogP contribution is -2.37. The van der Waals surface area contributed by atoms with Gasteiger partial charge < -0.3 is 10.1 Å². The molecule has 7 nitrogen and oxygen atoms in total. The SMILES string of the molecule is CC(Sc1c(=O)o[nH][n+]1-c1ccccc1)C(=O)Nc1ccc(Oc2ccccc2)cc1. The van der Waals surface area contributed by atoms with Crippen LogP contribution in [-0.4, -0.2) is 16.4 Å². The molecule has 1 aromatic heterocycles. The van der Waals surface area contributed by atoms with Gasteiger partial charge in [0, 0.05) is 17.8 Å². The van der Waals surface area contributed by atoms with Crippen LogP contribution in [-0.2, 0) is 4.79 Å². The molecule has 1 heterocycles. The first-order valence-electron chi connectivity index (χ1n) is 9.59. The third-order valence-corrected chi connectivity index (χ3v) is 5.52. The molecule has 4 aromatic rings. The molecule has 0 saturated carbocycles. The smallest absolute Gasteiger partial charge is 0.442 e. The average molecular weight is 434 g/mol. The Balaban J connectivity index is 1.41. The van der Waals surface area contributed by atoms with Gasteiger partial charge in [-0.05, 0) is 65.0 Å². The number of anilines is 1. The van der Waals surface area contributed by atoms with E-state index in [1.165, 1.54) is 4.68 Å². The molecule has 4 rings (SSSR count). The van der Waals surface area contributed by atoms with Crippen LogP contribution in [0.4, 0.5) is 5.69 Å². The third kappa shape index (κ3) is 5.04. The van der Waals surface area contributed by atoms with Gasteiger partial charge >= 0.3 is 10.7 Å². The van der Waals surface area contributed by atoms with Crippen molar-refractivity contribution >= 4 is 23.4 Å². The van der Waals surface area contributed by atoms with Crippen molar-refractivity contribution in [2.75, 3.05) is 5.32 Å². The molecular weight excluding hydrogens is 414 g/mol. The molecule has 0 fully saturated rings. The van der Waals surface area contributed by atoms with Crippen LogP contribution in [0.25, 0.3) is 5.69 Å². The lowest BCUT2D eigenvalue weighted by atomic mass is 10.3. The van der Waals surface area contributed by atoms with Crippen molar-refractivity contribution in [3.63, 3.8) is 0 Å². The number of hydrogen-bond acceptors (Lipinski definition) is 5. The summed E-state index contributed by atoms with van der Waals surface area (Å²) in [6, 6.07) is 25.8. The van der Waals surface area contributed by atoms with Crippen molar-refractivity contribution in [2.45, 2.75) is 17.2 Å². The topological polar surface area (TPSA) is 88.2 Å². The van der Waals surface area contributed by atoms with Crippen molar-refractivity contribution < 1.29 is 18.7 Å². The molecule has 0 aliphatic heterocycles. The quantitative estimate of drug-likeness (QED) is 0.337. The second-order valence-electron chi connectivity index (χ2n) is 6.65. The number of amides is 1. The Morgan fingerprint density at radius 3 is 2.26 bits per heavy atom. The van der Waals surface area contributed by atoms with Crippen molar-refractivity contribution in [2.24, 2.45) is 0 Å². The van der Waals surface area contributed by atoms with Crippen molar-refractivity contribution in [1.82, 2.24) is 5.27 Å². The second kappa shape index (κ2) is 9.36. The Hall–Kier alpha value is -3.78. The number of para-hydroxylation sites is 2. The number of nitrogens with zero attached hydrogens (tertiary/aromatic N) is 1. The fourth-order valence-corrected chi connectivity index (χ4v) is 3.69. The number of hydrogen-bond donors (Lipinski definition) is 2. The van der Waals surface area contributed by atoms with E-state index in [2.05, 4.69) is 10.6 Å². The number of nitrogens with one attached hydrogen (secondary N) is 2. The Morgan fingerprint density at radius 1 is 0.968 bits per heavy atom. The van der Waals surface area contributed by atoms with Gasteiger partial charge in [-0.1, -0.05) is 36.4 Å². The monoisotopic (exact) mass is 434 g/mol. The van der Waals surface area contributed by atoms with Crippen LogP contribution >= 0.6 is 11.8 Å². The van der Waals surface area contributed by atoms with Gasteiger partial charge in [-0.25, -0.2) is 4.79 Å². The molecule has 1 amide bonds. The molecule has 0 bridgehead atoms. The minimum atomic E-state index is -0.533.